The van der Waals surface area contributed by atoms with E-state index in [1.807, 2.05) is 0 Å². The van der Waals surface area contributed by atoms with Crippen LogP contribution in [0.5, 0.6) is 0 Å². The number of pyridine rings is 2. The standard InChI is InChI=1S/C18H21N3O2/c1-17-4-7-18(8-5-17,9-6-17)21-16(23)13-11-20-15-12(14(13)22)3-2-10-19-15/h2-3,10-11H,4-9H2,1H3,(H,21,23)(H,19,20,22). The molecule has 2 N–H and O–H groups in total. The highest BCUT2D eigenvalue weighted by Gasteiger charge is 2.47. The van der Waals surface area contributed by atoms with Gasteiger partial charge in [-0.25, -0.2) is 4.98 Å². The summed E-state index contributed by atoms with van der Waals surface area (Å²) in [5, 5.41) is 3.64. The zero-order valence-electron chi connectivity index (χ0n) is 13.3. The minimum absolute atomic E-state index is 0.120. The molecule has 5 rings (SSSR count). The minimum atomic E-state index is -0.262. The number of hydrogen-bond donors (Lipinski definition) is 2. The Morgan fingerprint density at radius 3 is 2.61 bits per heavy atom. The van der Waals surface area contributed by atoms with Crippen molar-refractivity contribution in [2.75, 3.05) is 0 Å². The smallest absolute Gasteiger partial charge is 0.257 e. The Kier molecular flexibility index (Phi) is 3.08. The number of fused-ring (bicyclic) bond motifs is 4. The lowest BCUT2D eigenvalue weighted by Crippen LogP contribution is -2.56. The Hall–Kier alpha value is -2.17. The largest absolute Gasteiger partial charge is 0.346 e. The van der Waals surface area contributed by atoms with Crippen LogP contribution in [0.1, 0.15) is 55.8 Å². The Labute approximate surface area is 134 Å². The number of amides is 1. The molecule has 3 aliphatic rings. The number of carbonyl (C=O) groups excluding carboxylic acids is 1. The second-order valence-corrected chi connectivity index (χ2v) is 7.48. The maximum atomic E-state index is 12.7. The van der Waals surface area contributed by atoms with E-state index in [-0.39, 0.29) is 22.4 Å². The van der Waals surface area contributed by atoms with Crippen molar-refractivity contribution in [3.8, 4) is 0 Å². The van der Waals surface area contributed by atoms with Crippen LogP contribution in [0.2, 0.25) is 0 Å². The highest BCUT2D eigenvalue weighted by molar-refractivity contribution is 5.97. The fraction of sp³-hybridized carbons (Fsp3) is 0.500. The fourth-order valence-electron chi connectivity index (χ4n) is 4.09. The van der Waals surface area contributed by atoms with E-state index in [1.165, 1.54) is 6.20 Å². The summed E-state index contributed by atoms with van der Waals surface area (Å²) in [6.07, 6.45) is 9.63. The van der Waals surface area contributed by atoms with E-state index in [0.29, 0.717) is 16.4 Å². The zero-order chi connectivity index (χ0) is 16.1. The first kappa shape index (κ1) is 14.4. The van der Waals surface area contributed by atoms with Crippen LogP contribution in [0.4, 0.5) is 0 Å². The van der Waals surface area contributed by atoms with E-state index < -0.39 is 0 Å². The van der Waals surface area contributed by atoms with Crippen LogP contribution in [-0.2, 0) is 0 Å². The summed E-state index contributed by atoms with van der Waals surface area (Å²) in [7, 11) is 0. The molecule has 3 fully saturated rings. The number of aromatic nitrogens is 2. The monoisotopic (exact) mass is 311 g/mol. The van der Waals surface area contributed by atoms with Gasteiger partial charge in [0.25, 0.3) is 5.91 Å². The maximum Gasteiger partial charge on any atom is 0.257 e. The van der Waals surface area contributed by atoms with Crippen molar-refractivity contribution in [2.45, 2.75) is 51.0 Å². The van der Waals surface area contributed by atoms with E-state index >= 15 is 0 Å². The Balaban J connectivity index is 1.63. The molecular formula is C18H21N3O2. The van der Waals surface area contributed by atoms with E-state index in [2.05, 4.69) is 22.2 Å². The van der Waals surface area contributed by atoms with E-state index in [0.717, 1.165) is 38.5 Å². The van der Waals surface area contributed by atoms with Crippen LogP contribution in [0.25, 0.3) is 11.0 Å². The number of nitrogens with one attached hydrogen (secondary N) is 2. The summed E-state index contributed by atoms with van der Waals surface area (Å²) in [6, 6.07) is 3.41. The van der Waals surface area contributed by atoms with Crippen LogP contribution in [-0.4, -0.2) is 21.4 Å². The van der Waals surface area contributed by atoms with Gasteiger partial charge in [0.2, 0.25) is 5.43 Å². The van der Waals surface area contributed by atoms with Crippen LogP contribution in [0, 0.1) is 5.41 Å². The molecule has 0 atom stereocenters. The van der Waals surface area contributed by atoms with Crippen LogP contribution >= 0.6 is 0 Å². The summed E-state index contributed by atoms with van der Waals surface area (Å²) in [5.41, 5.74) is 0.776. The van der Waals surface area contributed by atoms with Crippen molar-refractivity contribution in [2.24, 2.45) is 5.41 Å². The first-order valence-electron chi connectivity index (χ1n) is 8.29. The molecule has 1 amide bonds. The summed E-state index contributed by atoms with van der Waals surface area (Å²) >= 11 is 0. The van der Waals surface area contributed by atoms with Gasteiger partial charge in [-0.05, 0) is 56.1 Å². The molecule has 2 aromatic rings. The third-order valence-electron chi connectivity index (χ3n) is 5.89. The average molecular weight is 311 g/mol. The quantitative estimate of drug-likeness (QED) is 0.895. The lowest BCUT2D eigenvalue weighted by atomic mass is 9.58. The number of nitrogens with zero attached hydrogens (tertiary/aromatic N) is 1. The predicted octanol–water partition coefficient (Wildman–Crippen LogP) is 2.77. The third kappa shape index (κ3) is 2.35. The van der Waals surface area contributed by atoms with Crippen molar-refractivity contribution < 1.29 is 4.79 Å². The SMILES string of the molecule is CC12CCC(NC(=O)c3c[nH]c4ncccc4c3=O)(CC1)CC2. The molecule has 5 nitrogen and oxygen atoms in total. The molecule has 0 aliphatic heterocycles. The van der Waals surface area contributed by atoms with Gasteiger partial charge < -0.3 is 10.3 Å². The molecule has 2 aromatic heterocycles. The topological polar surface area (TPSA) is 74.8 Å². The van der Waals surface area contributed by atoms with E-state index in [4.69, 9.17) is 0 Å². The Morgan fingerprint density at radius 1 is 1.22 bits per heavy atom. The average Bonchev–Trinajstić information content (AvgIpc) is 2.57. The normalized spacial score (nSPS) is 29.6. The molecule has 23 heavy (non-hydrogen) atoms. The second-order valence-electron chi connectivity index (χ2n) is 7.48. The molecular weight excluding hydrogens is 290 g/mol. The molecule has 120 valence electrons. The van der Waals surface area contributed by atoms with E-state index in [9.17, 15) is 9.59 Å². The number of rotatable bonds is 2. The van der Waals surface area contributed by atoms with Crippen molar-refractivity contribution in [3.63, 3.8) is 0 Å². The number of aromatic amines is 1. The number of hydrogen-bond acceptors (Lipinski definition) is 3. The van der Waals surface area contributed by atoms with Crippen molar-refractivity contribution in [3.05, 3.63) is 40.3 Å². The van der Waals surface area contributed by atoms with Gasteiger partial charge in [0.15, 0.2) is 0 Å². The highest BCUT2D eigenvalue weighted by atomic mass is 16.2. The van der Waals surface area contributed by atoms with Gasteiger partial charge >= 0.3 is 0 Å². The third-order valence-corrected chi connectivity index (χ3v) is 5.89. The van der Waals surface area contributed by atoms with Gasteiger partial charge in [-0.3, -0.25) is 9.59 Å². The lowest BCUT2D eigenvalue weighted by Gasteiger charge is -2.52. The zero-order valence-corrected chi connectivity index (χ0v) is 13.3. The summed E-state index contributed by atoms with van der Waals surface area (Å²) in [4.78, 5) is 32.3. The van der Waals surface area contributed by atoms with Crippen molar-refractivity contribution in [1.82, 2.24) is 15.3 Å². The van der Waals surface area contributed by atoms with Gasteiger partial charge in [0.05, 0.1) is 5.39 Å². The van der Waals surface area contributed by atoms with Crippen LogP contribution in [0.3, 0.4) is 0 Å². The van der Waals surface area contributed by atoms with E-state index in [1.54, 1.807) is 18.3 Å². The highest BCUT2D eigenvalue weighted by Crippen LogP contribution is 2.51. The first-order valence-corrected chi connectivity index (χ1v) is 8.29. The Morgan fingerprint density at radius 2 is 1.91 bits per heavy atom. The van der Waals surface area contributed by atoms with Crippen LogP contribution < -0.4 is 10.7 Å². The van der Waals surface area contributed by atoms with Gasteiger partial charge in [-0.2, -0.15) is 0 Å². The molecule has 0 aromatic carbocycles. The molecule has 0 saturated heterocycles. The maximum absolute atomic E-state index is 12.7. The van der Waals surface area contributed by atoms with Gasteiger partial charge in [-0.1, -0.05) is 6.92 Å². The number of carbonyl (C=O) groups is 1. The summed E-state index contributed by atoms with van der Waals surface area (Å²) < 4.78 is 0. The first-order chi connectivity index (χ1) is 11.0. The minimum Gasteiger partial charge on any atom is -0.346 e. The molecule has 5 heteroatoms. The van der Waals surface area contributed by atoms with Crippen molar-refractivity contribution >= 4 is 16.9 Å². The van der Waals surface area contributed by atoms with Gasteiger partial charge in [-0.15, -0.1) is 0 Å². The Bertz CT molecular complexity index is 815. The van der Waals surface area contributed by atoms with Gasteiger partial charge in [0, 0.05) is 17.9 Å². The molecule has 2 heterocycles. The van der Waals surface area contributed by atoms with Crippen LogP contribution in [0.15, 0.2) is 29.3 Å². The summed E-state index contributed by atoms with van der Waals surface area (Å²) in [5.74, 6) is -0.262. The molecule has 3 saturated carbocycles. The molecule has 0 radical (unpaired) electrons. The fourth-order valence-corrected chi connectivity index (χ4v) is 4.09. The second kappa shape index (κ2) is 4.91. The molecule has 3 aliphatic carbocycles. The molecule has 0 spiro atoms. The predicted molar refractivity (Wildman–Crippen MR) is 88.4 cm³/mol. The van der Waals surface area contributed by atoms with Gasteiger partial charge in [0.1, 0.15) is 11.2 Å². The lowest BCUT2D eigenvalue weighted by molar-refractivity contribution is 0.0338. The summed E-state index contributed by atoms with van der Waals surface area (Å²) in [6.45, 7) is 2.35. The van der Waals surface area contributed by atoms with Crippen molar-refractivity contribution in [1.29, 1.82) is 0 Å². The molecule has 2 bridgehead atoms. The number of H-pyrrole nitrogens is 1. The molecule has 0 unspecified atom stereocenters.